The zero-order valence-electron chi connectivity index (χ0n) is 15.0. The van der Waals surface area contributed by atoms with Crippen LogP contribution in [0.2, 0.25) is 0 Å². The fraction of sp³-hybridized carbons (Fsp3) is 0.300. The van der Waals surface area contributed by atoms with Gasteiger partial charge in [-0.05, 0) is 43.0 Å². The smallest absolute Gasteiger partial charge is 0.258 e. The minimum atomic E-state index is -0.939. The van der Waals surface area contributed by atoms with Crippen LogP contribution in [0.4, 0.5) is 14.5 Å². The summed E-state index contributed by atoms with van der Waals surface area (Å²) in [6, 6.07) is 8.85. The molecular weight excluding hydrogens is 354 g/mol. The Labute approximate surface area is 155 Å². The number of nitrogens with zero attached hydrogens (tertiary/aromatic N) is 1. The summed E-state index contributed by atoms with van der Waals surface area (Å²) in [6.45, 7) is 1.83. The zero-order chi connectivity index (χ0) is 19.7. The number of fused-ring (bicyclic) bond motifs is 1. The molecule has 0 bridgehead atoms. The Morgan fingerprint density at radius 2 is 1.85 bits per heavy atom. The van der Waals surface area contributed by atoms with Gasteiger partial charge in [0.05, 0.1) is 7.11 Å². The quantitative estimate of drug-likeness (QED) is 0.892. The third-order valence-corrected chi connectivity index (χ3v) is 4.82. The Morgan fingerprint density at radius 1 is 1.22 bits per heavy atom. The predicted octanol–water partition coefficient (Wildman–Crippen LogP) is 3.37. The molecule has 142 valence electrons. The molecule has 0 spiro atoms. The van der Waals surface area contributed by atoms with Gasteiger partial charge in [0.2, 0.25) is 5.91 Å². The number of rotatable bonds is 4. The first-order chi connectivity index (χ1) is 12.8. The highest BCUT2D eigenvalue weighted by Crippen LogP contribution is 2.41. The molecule has 0 radical (unpaired) electrons. The van der Waals surface area contributed by atoms with Crippen LogP contribution in [0.25, 0.3) is 0 Å². The maximum atomic E-state index is 14.1. The van der Waals surface area contributed by atoms with Gasteiger partial charge in [0.15, 0.2) is 17.4 Å². The van der Waals surface area contributed by atoms with E-state index in [1.165, 1.54) is 4.90 Å². The van der Waals surface area contributed by atoms with Gasteiger partial charge in [0.1, 0.15) is 0 Å². The van der Waals surface area contributed by atoms with E-state index in [0.717, 1.165) is 24.8 Å². The Hall–Kier alpha value is -2.96. The van der Waals surface area contributed by atoms with Crippen LogP contribution in [-0.2, 0) is 4.79 Å². The van der Waals surface area contributed by atoms with Crippen LogP contribution >= 0.6 is 0 Å². The topological polar surface area (TPSA) is 72.6 Å². The minimum absolute atomic E-state index is 0.109. The number of primary amides is 1. The van der Waals surface area contributed by atoms with Crippen molar-refractivity contribution in [2.45, 2.75) is 31.7 Å². The number of carbonyl (C=O) groups excluding carboxylic acids is 2. The molecule has 2 N–H and O–H groups in total. The van der Waals surface area contributed by atoms with Crippen LogP contribution in [0.15, 0.2) is 36.4 Å². The Morgan fingerprint density at radius 3 is 2.44 bits per heavy atom. The van der Waals surface area contributed by atoms with Gasteiger partial charge in [-0.3, -0.25) is 9.59 Å². The fourth-order valence-electron chi connectivity index (χ4n) is 3.70. The van der Waals surface area contributed by atoms with Crippen LogP contribution in [-0.4, -0.2) is 25.0 Å². The van der Waals surface area contributed by atoms with Crippen LogP contribution in [0.5, 0.6) is 5.75 Å². The summed E-state index contributed by atoms with van der Waals surface area (Å²) in [5.41, 5.74) is 6.68. The largest absolute Gasteiger partial charge is 0.491 e. The molecule has 27 heavy (non-hydrogen) atoms. The number of para-hydroxylation sites is 1. The second kappa shape index (κ2) is 7.34. The molecule has 1 heterocycles. The first kappa shape index (κ1) is 18.8. The van der Waals surface area contributed by atoms with Gasteiger partial charge in [-0.15, -0.1) is 0 Å². The van der Waals surface area contributed by atoms with Crippen molar-refractivity contribution in [2.24, 2.45) is 5.73 Å². The third kappa shape index (κ3) is 3.49. The molecule has 0 aliphatic carbocycles. The lowest BCUT2D eigenvalue weighted by atomic mass is 9.83. The van der Waals surface area contributed by atoms with Gasteiger partial charge in [0, 0.05) is 23.7 Å². The van der Waals surface area contributed by atoms with Crippen LogP contribution < -0.4 is 15.4 Å². The molecule has 2 aromatic carbocycles. The summed E-state index contributed by atoms with van der Waals surface area (Å²) in [4.78, 5) is 26.0. The van der Waals surface area contributed by atoms with Crippen LogP contribution in [0, 0.1) is 11.6 Å². The highest BCUT2D eigenvalue weighted by molar-refractivity contribution is 6.07. The molecule has 3 rings (SSSR count). The number of anilines is 1. The predicted molar refractivity (Wildman–Crippen MR) is 96.8 cm³/mol. The Kier molecular flexibility index (Phi) is 5.12. The molecule has 5 nitrogen and oxygen atoms in total. The average molecular weight is 374 g/mol. The molecule has 1 aliphatic rings. The first-order valence-electron chi connectivity index (χ1n) is 8.57. The highest BCUT2D eigenvalue weighted by atomic mass is 19.1. The summed E-state index contributed by atoms with van der Waals surface area (Å²) >= 11 is 0. The molecule has 0 aromatic heterocycles. The van der Waals surface area contributed by atoms with Gasteiger partial charge in [-0.25, -0.2) is 8.78 Å². The second-order valence-corrected chi connectivity index (χ2v) is 6.66. The highest BCUT2D eigenvalue weighted by Gasteiger charge is 2.35. The van der Waals surface area contributed by atoms with E-state index in [1.54, 1.807) is 12.1 Å². The maximum absolute atomic E-state index is 14.1. The standard InChI is InChI=1S/C20H20F2N2O3/c1-11-7-12(10-18(23)25)14-5-3-4-6-17(14)24(11)20(26)13-8-15(21)19(27-2)16(22)9-13/h3-6,8-9,11-12H,7,10H2,1-2H3,(H2,23,25)/t11-,12+/m0/s1. The normalized spacial score (nSPS) is 18.7. The van der Waals surface area contributed by atoms with E-state index in [-0.39, 0.29) is 23.9 Å². The SMILES string of the molecule is COc1c(F)cc(C(=O)N2c3ccccc3[C@@H](CC(N)=O)C[C@@H]2C)cc1F. The fourth-order valence-corrected chi connectivity index (χ4v) is 3.70. The molecule has 2 atom stereocenters. The molecule has 0 saturated carbocycles. The molecule has 0 unspecified atom stereocenters. The van der Waals surface area contributed by atoms with E-state index in [4.69, 9.17) is 5.73 Å². The maximum Gasteiger partial charge on any atom is 0.258 e. The third-order valence-electron chi connectivity index (χ3n) is 4.82. The lowest BCUT2D eigenvalue weighted by Gasteiger charge is -2.39. The van der Waals surface area contributed by atoms with Gasteiger partial charge >= 0.3 is 0 Å². The molecule has 0 fully saturated rings. The van der Waals surface area contributed by atoms with Crippen LogP contribution in [0.3, 0.4) is 0 Å². The number of halogens is 2. The van der Waals surface area contributed by atoms with Crippen molar-refractivity contribution in [2.75, 3.05) is 12.0 Å². The number of amides is 2. The minimum Gasteiger partial charge on any atom is -0.491 e. The van der Waals surface area contributed by atoms with Gasteiger partial charge in [0.25, 0.3) is 5.91 Å². The summed E-state index contributed by atoms with van der Waals surface area (Å²) in [5.74, 6) is -3.45. The molecular formula is C20H20F2N2O3. The van der Waals surface area contributed by atoms with E-state index < -0.39 is 29.2 Å². The number of carbonyl (C=O) groups is 2. The average Bonchev–Trinajstić information content (AvgIpc) is 2.60. The Balaban J connectivity index is 2.03. The van der Waals surface area contributed by atoms with Gasteiger partial charge in [-0.1, -0.05) is 18.2 Å². The van der Waals surface area contributed by atoms with Gasteiger partial charge < -0.3 is 15.4 Å². The summed E-state index contributed by atoms with van der Waals surface area (Å²) in [6.07, 6.45) is 0.696. The lowest BCUT2D eigenvalue weighted by Crippen LogP contribution is -2.43. The molecule has 2 amide bonds. The second-order valence-electron chi connectivity index (χ2n) is 6.66. The lowest BCUT2D eigenvalue weighted by molar-refractivity contribution is -0.118. The molecule has 1 aliphatic heterocycles. The van der Waals surface area contributed by atoms with E-state index in [2.05, 4.69) is 4.74 Å². The van der Waals surface area contributed by atoms with Gasteiger partial charge in [-0.2, -0.15) is 0 Å². The van der Waals surface area contributed by atoms with E-state index in [1.807, 2.05) is 19.1 Å². The van der Waals surface area contributed by atoms with E-state index >= 15 is 0 Å². The number of nitrogens with two attached hydrogens (primary N) is 1. The first-order valence-corrected chi connectivity index (χ1v) is 8.57. The van der Waals surface area contributed by atoms with Crippen molar-refractivity contribution in [1.29, 1.82) is 0 Å². The summed E-state index contributed by atoms with van der Waals surface area (Å²) in [7, 11) is 1.16. The van der Waals surface area contributed by atoms with Crippen LogP contribution in [0.1, 0.15) is 41.6 Å². The Bertz CT molecular complexity index is 878. The number of hydrogen-bond acceptors (Lipinski definition) is 3. The number of methoxy groups -OCH3 is 1. The molecule has 7 heteroatoms. The number of ether oxygens (including phenoxy) is 1. The van der Waals surface area contributed by atoms with E-state index in [0.29, 0.717) is 12.1 Å². The number of benzene rings is 2. The molecule has 2 aromatic rings. The summed E-state index contributed by atoms with van der Waals surface area (Å²) in [5, 5.41) is 0. The van der Waals surface area contributed by atoms with Crippen molar-refractivity contribution < 1.29 is 23.1 Å². The molecule has 0 saturated heterocycles. The van der Waals surface area contributed by atoms with Crippen molar-refractivity contribution in [1.82, 2.24) is 0 Å². The van der Waals surface area contributed by atoms with Crippen molar-refractivity contribution in [3.05, 3.63) is 59.2 Å². The van der Waals surface area contributed by atoms with Crippen molar-refractivity contribution >= 4 is 17.5 Å². The summed E-state index contributed by atoms with van der Waals surface area (Å²) < 4.78 is 32.8. The zero-order valence-corrected chi connectivity index (χ0v) is 15.0. The van der Waals surface area contributed by atoms with E-state index in [9.17, 15) is 18.4 Å². The number of hydrogen-bond donors (Lipinski definition) is 1. The van der Waals surface area contributed by atoms with Crippen molar-refractivity contribution in [3.8, 4) is 5.75 Å². The monoisotopic (exact) mass is 374 g/mol. The van der Waals surface area contributed by atoms with Crippen molar-refractivity contribution in [3.63, 3.8) is 0 Å².